The van der Waals surface area contributed by atoms with Gasteiger partial charge in [-0.2, -0.15) is 0 Å². The van der Waals surface area contributed by atoms with E-state index in [9.17, 15) is 27.3 Å². The molecule has 1 rings (SSSR count). The van der Waals surface area contributed by atoms with Crippen molar-refractivity contribution in [3.8, 4) is 0 Å². The number of nitrogens with zero attached hydrogens (tertiary/aromatic N) is 1. The van der Waals surface area contributed by atoms with Crippen LogP contribution < -0.4 is 10.5 Å². The summed E-state index contributed by atoms with van der Waals surface area (Å²) in [6, 6.07) is 2.42. The molecule has 0 unspecified atom stereocenters. The van der Waals surface area contributed by atoms with Crippen molar-refractivity contribution >= 4 is 28.1 Å². The highest BCUT2D eigenvalue weighted by Crippen LogP contribution is 2.29. The van der Waals surface area contributed by atoms with E-state index >= 15 is 0 Å². The van der Waals surface area contributed by atoms with Crippen LogP contribution in [0.2, 0.25) is 0 Å². The Labute approximate surface area is 132 Å². The number of hydrogen-bond donors (Lipinski definition) is 2. The van der Waals surface area contributed by atoms with Crippen molar-refractivity contribution in [2.45, 2.75) is 24.7 Å². The van der Waals surface area contributed by atoms with Gasteiger partial charge >= 0.3 is 0 Å². The highest BCUT2D eigenvalue weighted by molar-refractivity contribution is 7.89. The van der Waals surface area contributed by atoms with E-state index in [0.29, 0.717) is 5.56 Å². The van der Waals surface area contributed by atoms with Gasteiger partial charge in [-0.15, -0.1) is 12.4 Å². The van der Waals surface area contributed by atoms with E-state index in [1.54, 1.807) is 11.6 Å². The summed E-state index contributed by atoms with van der Waals surface area (Å²) in [5.41, 5.74) is 4.77. The zero-order chi connectivity index (χ0) is 16.4. The molecule has 1 aromatic carbocycles. The van der Waals surface area contributed by atoms with Gasteiger partial charge in [-0.05, 0) is 25.0 Å². The van der Waals surface area contributed by atoms with Crippen LogP contribution in [-0.2, 0) is 10.0 Å². The number of hydrogen-bond acceptors (Lipinski definition) is 5. The van der Waals surface area contributed by atoms with E-state index in [4.69, 9.17) is 5.73 Å². The Hall–Kier alpha value is -1.36. The molecule has 22 heavy (non-hydrogen) atoms. The molecule has 11 heteroatoms. The van der Waals surface area contributed by atoms with Crippen LogP contribution in [0.1, 0.15) is 11.1 Å². The second-order valence-electron chi connectivity index (χ2n) is 4.50. The Bertz CT molecular complexity index is 668. The molecule has 0 saturated carbocycles. The molecule has 0 bridgehead atoms. The largest absolute Gasteiger partial charge is 0.325 e. The molecule has 0 aliphatic carbocycles. The average Bonchev–Trinajstić information content (AvgIpc) is 2.39. The molecule has 0 aliphatic rings. The lowest BCUT2D eigenvalue weighted by molar-refractivity contribution is -0.387. The van der Waals surface area contributed by atoms with Crippen molar-refractivity contribution in [3.63, 3.8) is 0 Å². The molecule has 3 N–H and O–H groups in total. The van der Waals surface area contributed by atoms with Crippen molar-refractivity contribution in [3.05, 3.63) is 33.4 Å². The highest BCUT2D eigenvalue weighted by atomic mass is 35.5. The third kappa shape index (κ3) is 4.57. The maximum Gasteiger partial charge on any atom is 0.289 e. The fourth-order valence-corrected chi connectivity index (χ4v) is 3.13. The van der Waals surface area contributed by atoms with Crippen molar-refractivity contribution in [1.82, 2.24) is 4.72 Å². The quantitative estimate of drug-likeness (QED) is 0.590. The number of sulfonamides is 1. The number of halogens is 3. The zero-order valence-electron chi connectivity index (χ0n) is 11.8. The molecule has 0 amide bonds. The first-order valence-electron chi connectivity index (χ1n) is 5.84. The molecule has 126 valence electrons. The fourth-order valence-electron chi connectivity index (χ4n) is 1.60. The predicted octanol–water partition coefficient (Wildman–Crippen LogP) is 1.51. The lowest BCUT2D eigenvalue weighted by Crippen LogP contribution is -2.41. The molecule has 0 radical (unpaired) electrons. The molecular formula is C11H16ClF2N3O4S. The zero-order valence-corrected chi connectivity index (χ0v) is 13.4. The fraction of sp³-hybridized carbons (Fsp3) is 0.455. The molecule has 0 fully saturated rings. The number of nitrogens with one attached hydrogen (secondary N) is 1. The summed E-state index contributed by atoms with van der Waals surface area (Å²) in [5, 5.41) is 10.9. The predicted molar refractivity (Wildman–Crippen MR) is 79.0 cm³/mol. The monoisotopic (exact) mass is 359 g/mol. The lowest BCUT2D eigenvalue weighted by atomic mass is 10.1. The van der Waals surface area contributed by atoms with Crippen LogP contribution in [0.4, 0.5) is 14.5 Å². The van der Waals surface area contributed by atoms with E-state index < -0.39 is 44.5 Å². The number of nitrogens with two attached hydrogens (primary N) is 1. The molecular weight excluding hydrogens is 344 g/mol. The summed E-state index contributed by atoms with van der Waals surface area (Å²) in [6.07, 6.45) is 0. The molecule has 1 aromatic rings. The molecule has 0 spiro atoms. The van der Waals surface area contributed by atoms with Gasteiger partial charge in [0.15, 0.2) is 4.90 Å². The van der Waals surface area contributed by atoms with Crippen molar-refractivity contribution < 1.29 is 22.1 Å². The number of alkyl halides is 2. The first-order chi connectivity index (χ1) is 9.52. The summed E-state index contributed by atoms with van der Waals surface area (Å²) >= 11 is 0. The number of benzene rings is 1. The minimum Gasteiger partial charge on any atom is -0.325 e. The van der Waals surface area contributed by atoms with Crippen LogP contribution in [-0.4, -0.2) is 32.4 Å². The summed E-state index contributed by atoms with van der Waals surface area (Å²) in [4.78, 5) is 9.45. The van der Waals surface area contributed by atoms with Crippen molar-refractivity contribution in [1.29, 1.82) is 0 Å². The maximum absolute atomic E-state index is 13.1. The second-order valence-corrected chi connectivity index (χ2v) is 6.20. The van der Waals surface area contributed by atoms with E-state index in [-0.39, 0.29) is 18.0 Å². The van der Waals surface area contributed by atoms with Gasteiger partial charge in [0, 0.05) is 6.07 Å². The van der Waals surface area contributed by atoms with E-state index in [1.165, 1.54) is 13.0 Å². The standard InChI is InChI=1S/C11H15F2N3O4S.ClH/c1-7-3-4-9(16(17)18)10(8(7)2)21(19,20)15-6-11(12,13)5-14;/h3-4,15H,5-6,14H2,1-2H3;1H. The second kappa shape index (κ2) is 7.27. The van der Waals surface area contributed by atoms with Gasteiger partial charge in [0.2, 0.25) is 10.0 Å². The van der Waals surface area contributed by atoms with Gasteiger partial charge in [-0.3, -0.25) is 10.1 Å². The van der Waals surface area contributed by atoms with E-state index in [1.807, 2.05) is 0 Å². The summed E-state index contributed by atoms with van der Waals surface area (Å²) < 4.78 is 52.0. The number of nitro benzene ring substituents is 1. The third-order valence-electron chi connectivity index (χ3n) is 2.94. The van der Waals surface area contributed by atoms with Crippen LogP contribution >= 0.6 is 12.4 Å². The van der Waals surface area contributed by atoms with E-state index in [0.717, 1.165) is 6.07 Å². The topological polar surface area (TPSA) is 115 Å². The summed E-state index contributed by atoms with van der Waals surface area (Å²) in [5.74, 6) is -3.43. The van der Waals surface area contributed by atoms with Gasteiger partial charge in [0.1, 0.15) is 0 Å². The van der Waals surface area contributed by atoms with E-state index in [2.05, 4.69) is 0 Å². The molecule has 0 aromatic heterocycles. The van der Waals surface area contributed by atoms with Crippen molar-refractivity contribution in [2.75, 3.05) is 13.1 Å². The Morgan fingerprint density at radius 2 is 1.91 bits per heavy atom. The normalized spacial score (nSPS) is 11.9. The van der Waals surface area contributed by atoms with Gasteiger partial charge in [-0.25, -0.2) is 21.9 Å². The minimum atomic E-state index is -4.46. The molecule has 0 saturated heterocycles. The highest BCUT2D eigenvalue weighted by Gasteiger charge is 2.33. The number of rotatable bonds is 6. The first kappa shape index (κ1) is 20.6. The van der Waals surface area contributed by atoms with Crippen LogP contribution in [0.5, 0.6) is 0 Å². The molecule has 7 nitrogen and oxygen atoms in total. The lowest BCUT2D eigenvalue weighted by Gasteiger charge is -2.16. The average molecular weight is 360 g/mol. The molecule has 0 atom stereocenters. The van der Waals surface area contributed by atoms with Crippen molar-refractivity contribution in [2.24, 2.45) is 5.73 Å². The van der Waals surface area contributed by atoms with Crippen LogP contribution in [0, 0.1) is 24.0 Å². The Balaban J connectivity index is 0.00000441. The van der Waals surface area contributed by atoms with Gasteiger partial charge in [-0.1, -0.05) is 6.07 Å². The summed E-state index contributed by atoms with van der Waals surface area (Å²) in [6.45, 7) is 0.672. The van der Waals surface area contributed by atoms with Gasteiger partial charge in [0.25, 0.3) is 11.6 Å². The Morgan fingerprint density at radius 1 is 1.36 bits per heavy atom. The Morgan fingerprint density at radius 3 is 2.36 bits per heavy atom. The Kier molecular flexibility index (Phi) is 6.82. The number of nitro groups is 1. The van der Waals surface area contributed by atoms with Crippen LogP contribution in [0.15, 0.2) is 17.0 Å². The SMILES string of the molecule is Cc1ccc([N+](=O)[O-])c(S(=O)(=O)NCC(F)(F)CN)c1C.Cl. The van der Waals surface area contributed by atoms with Crippen LogP contribution in [0.25, 0.3) is 0 Å². The van der Waals surface area contributed by atoms with Crippen LogP contribution in [0.3, 0.4) is 0 Å². The smallest absolute Gasteiger partial charge is 0.289 e. The number of aryl methyl sites for hydroxylation is 1. The first-order valence-corrected chi connectivity index (χ1v) is 7.32. The maximum atomic E-state index is 13.1. The third-order valence-corrected chi connectivity index (χ3v) is 4.52. The van der Waals surface area contributed by atoms with Gasteiger partial charge < -0.3 is 5.73 Å². The molecule has 0 aliphatic heterocycles. The molecule has 0 heterocycles. The van der Waals surface area contributed by atoms with Gasteiger partial charge in [0.05, 0.1) is 18.0 Å². The summed E-state index contributed by atoms with van der Waals surface area (Å²) in [7, 11) is -4.46. The minimum absolute atomic E-state index is 0.